The molecule has 3 rings (SSSR count). The number of rotatable bonds is 4. The Morgan fingerprint density at radius 2 is 1.79 bits per heavy atom. The number of halogens is 3. The van der Waals surface area contributed by atoms with E-state index in [9.17, 15) is 18.0 Å². The normalized spacial score (nSPS) is 22.1. The Bertz CT molecular complexity index is 585. The van der Waals surface area contributed by atoms with Crippen molar-refractivity contribution in [3.63, 3.8) is 0 Å². The van der Waals surface area contributed by atoms with Gasteiger partial charge in [0.1, 0.15) is 12.6 Å². The molecule has 1 aromatic rings. The maximum Gasteiger partial charge on any atom is 0.406 e. The summed E-state index contributed by atoms with van der Waals surface area (Å²) >= 11 is 0. The molecule has 2 heterocycles. The van der Waals surface area contributed by atoms with Crippen molar-refractivity contribution in [1.29, 1.82) is 0 Å². The van der Waals surface area contributed by atoms with Crippen molar-refractivity contribution in [1.82, 2.24) is 4.90 Å². The van der Waals surface area contributed by atoms with Crippen molar-refractivity contribution < 1.29 is 18.0 Å². The lowest BCUT2D eigenvalue weighted by atomic mass is 10.1. The fraction of sp³-hybridized carbons (Fsp3) is 0.588. The van der Waals surface area contributed by atoms with Crippen molar-refractivity contribution in [2.24, 2.45) is 0 Å². The van der Waals surface area contributed by atoms with Crippen LogP contribution in [0.25, 0.3) is 0 Å². The number of hydrogen-bond donors (Lipinski definition) is 1. The average Bonchev–Trinajstić information content (AvgIpc) is 2.88. The van der Waals surface area contributed by atoms with E-state index < -0.39 is 24.7 Å². The fourth-order valence-electron chi connectivity index (χ4n) is 3.44. The Labute approximate surface area is 139 Å². The predicted molar refractivity (Wildman–Crippen MR) is 87.2 cm³/mol. The maximum absolute atomic E-state index is 12.5. The summed E-state index contributed by atoms with van der Waals surface area (Å²) in [7, 11) is 0. The third kappa shape index (κ3) is 3.94. The number of amides is 1. The molecule has 0 radical (unpaired) electrons. The number of hydrogen-bond acceptors (Lipinski definition) is 3. The van der Waals surface area contributed by atoms with Gasteiger partial charge in [0.15, 0.2) is 0 Å². The molecule has 0 saturated carbocycles. The number of nitrogens with zero attached hydrogens (tertiary/aromatic N) is 2. The average molecular weight is 341 g/mol. The second-order valence-electron chi connectivity index (χ2n) is 6.43. The highest BCUT2D eigenvalue weighted by atomic mass is 19.4. The number of carbonyl (C=O) groups is 1. The number of likely N-dealkylation sites (tertiary alicyclic amines) is 1. The summed E-state index contributed by atoms with van der Waals surface area (Å²) < 4.78 is 37.6. The molecule has 132 valence electrons. The van der Waals surface area contributed by atoms with Crippen LogP contribution < -0.4 is 10.2 Å². The monoisotopic (exact) mass is 341 g/mol. The van der Waals surface area contributed by atoms with Crippen LogP contribution in [0.5, 0.6) is 0 Å². The predicted octanol–water partition coefficient (Wildman–Crippen LogP) is 3.25. The minimum Gasteiger partial charge on any atom is -0.372 e. The summed E-state index contributed by atoms with van der Waals surface area (Å²) in [5.41, 5.74) is 1.85. The highest BCUT2D eigenvalue weighted by Crippen LogP contribution is 2.30. The Balaban J connectivity index is 1.69. The molecule has 2 aliphatic rings. The van der Waals surface area contributed by atoms with Crippen LogP contribution >= 0.6 is 0 Å². The Kier molecular flexibility index (Phi) is 4.87. The van der Waals surface area contributed by atoms with E-state index in [1.54, 1.807) is 0 Å². The zero-order valence-corrected chi connectivity index (χ0v) is 13.5. The van der Waals surface area contributed by atoms with Gasteiger partial charge in [-0.25, -0.2) is 0 Å². The van der Waals surface area contributed by atoms with Gasteiger partial charge in [-0.1, -0.05) is 12.1 Å². The first-order valence-electron chi connectivity index (χ1n) is 8.40. The maximum atomic E-state index is 12.5. The summed E-state index contributed by atoms with van der Waals surface area (Å²) in [6.07, 6.45) is -0.467. The van der Waals surface area contributed by atoms with Gasteiger partial charge in [0.05, 0.1) is 11.4 Å². The van der Waals surface area contributed by atoms with Crippen LogP contribution in [0.2, 0.25) is 0 Å². The van der Waals surface area contributed by atoms with Gasteiger partial charge in [-0.3, -0.25) is 4.79 Å². The van der Waals surface area contributed by atoms with E-state index in [0.717, 1.165) is 42.2 Å². The summed E-state index contributed by atoms with van der Waals surface area (Å²) in [4.78, 5) is 15.4. The van der Waals surface area contributed by atoms with Crippen LogP contribution in [0.1, 0.15) is 25.7 Å². The van der Waals surface area contributed by atoms with E-state index in [4.69, 9.17) is 0 Å². The number of benzene rings is 1. The smallest absolute Gasteiger partial charge is 0.372 e. The lowest BCUT2D eigenvalue weighted by Gasteiger charge is -2.31. The summed E-state index contributed by atoms with van der Waals surface area (Å²) in [5, 5.41) is 3.17. The summed E-state index contributed by atoms with van der Waals surface area (Å²) in [6.45, 7) is 0.911. The second kappa shape index (κ2) is 6.91. The fourth-order valence-corrected chi connectivity index (χ4v) is 3.44. The van der Waals surface area contributed by atoms with Crippen LogP contribution in [-0.2, 0) is 4.79 Å². The Morgan fingerprint density at radius 3 is 2.50 bits per heavy atom. The molecule has 0 aromatic heterocycles. The minimum absolute atomic E-state index is 0.141. The van der Waals surface area contributed by atoms with E-state index >= 15 is 0 Å². The van der Waals surface area contributed by atoms with Crippen LogP contribution in [0, 0.1) is 0 Å². The van der Waals surface area contributed by atoms with Crippen molar-refractivity contribution in [3.05, 3.63) is 24.3 Å². The van der Waals surface area contributed by atoms with Crippen LogP contribution in [-0.4, -0.2) is 49.2 Å². The molecule has 2 aliphatic heterocycles. The van der Waals surface area contributed by atoms with Gasteiger partial charge >= 0.3 is 6.18 Å². The minimum atomic E-state index is -4.35. The second-order valence-corrected chi connectivity index (χ2v) is 6.43. The van der Waals surface area contributed by atoms with Crippen molar-refractivity contribution in [2.75, 3.05) is 36.4 Å². The molecule has 7 heteroatoms. The van der Waals surface area contributed by atoms with E-state index in [-0.39, 0.29) is 6.54 Å². The molecule has 0 spiro atoms. The topological polar surface area (TPSA) is 35.6 Å². The van der Waals surface area contributed by atoms with E-state index in [0.29, 0.717) is 6.42 Å². The molecule has 1 atom stereocenters. The van der Waals surface area contributed by atoms with E-state index in [2.05, 4.69) is 10.2 Å². The lowest BCUT2D eigenvalue weighted by molar-refractivity contribution is -0.157. The molecular weight excluding hydrogens is 319 g/mol. The third-order valence-corrected chi connectivity index (χ3v) is 4.60. The SMILES string of the molecule is O=C1[C@H](Nc2ccccc2N2CCCCC2)CCN1CC(F)(F)F. The molecule has 0 bridgehead atoms. The van der Waals surface area contributed by atoms with Crippen molar-refractivity contribution in [2.45, 2.75) is 37.9 Å². The lowest BCUT2D eigenvalue weighted by Crippen LogP contribution is -2.39. The number of para-hydroxylation sites is 2. The quantitative estimate of drug-likeness (QED) is 0.913. The molecule has 2 saturated heterocycles. The van der Waals surface area contributed by atoms with Gasteiger partial charge in [-0.2, -0.15) is 13.2 Å². The summed E-state index contributed by atoms with van der Waals surface area (Å²) in [6, 6.07) is 7.13. The molecule has 1 amide bonds. The molecular formula is C17H22F3N3O. The Hall–Kier alpha value is -1.92. The van der Waals surface area contributed by atoms with E-state index in [1.807, 2.05) is 24.3 Å². The molecule has 24 heavy (non-hydrogen) atoms. The number of anilines is 2. The largest absolute Gasteiger partial charge is 0.406 e. The third-order valence-electron chi connectivity index (χ3n) is 4.60. The van der Waals surface area contributed by atoms with Crippen LogP contribution in [0.15, 0.2) is 24.3 Å². The number of piperidine rings is 1. The van der Waals surface area contributed by atoms with Crippen molar-refractivity contribution >= 4 is 17.3 Å². The Morgan fingerprint density at radius 1 is 1.08 bits per heavy atom. The van der Waals surface area contributed by atoms with E-state index in [1.165, 1.54) is 6.42 Å². The highest BCUT2D eigenvalue weighted by Gasteiger charge is 2.39. The molecule has 4 nitrogen and oxygen atoms in total. The molecule has 1 aromatic carbocycles. The number of carbonyl (C=O) groups excluding carboxylic acids is 1. The zero-order chi connectivity index (χ0) is 17.2. The molecule has 0 unspecified atom stereocenters. The van der Waals surface area contributed by atoms with Gasteiger partial charge < -0.3 is 15.1 Å². The molecule has 2 fully saturated rings. The highest BCUT2D eigenvalue weighted by molar-refractivity contribution is 5.88. The van der Waals surface area contributed by atoms with Crippen molar-refractivity contribution in [3.8, 4) is 0 Å². The molecule has 1 N–H and O–H groups in total. The number of nitrogens with one attached hydrogen (secondary N) is 1. The first-order valence-corrected chi connectivity index (χ1v) is 8.40. The van der Waals surface area contributed by atoms with Gasteiger partial charge in [0.2, 0.25) is 5.91 Å². The van der Waals surface area contributed by atoms with Crippen LogP contribution in [0.4, 0.5) is 24.5 Å². The van der Waals surface area contributed by atoms with Gasteiger partial charge in [-0.15, -0.1) is 0 Å². The van der Waals surface area contributed by atoms with Gasteiger partial charge in [0, 0.05) is 19.6 Å². The first-order chi connectivity index (χ1) is 11.4. The van der Waals surface area contributed by atoms with Gasteiger partial charge in [0.25, 0.3) is 0 Å². The molecule has 0 aliphatic carbocycles. The van der Waals surface area contributed by atoms with Gasteiger partial charge in [-0.05, 0) is 37.8 Å². The van der Waals surface area contributed by atoms with Crippen LogP contribution in [0.3, 0.4) is 0 Å². The first kappa shape index (κ1) is 16.9. The number of alkyl halides is 3. The standard InChI is InChI=1S/C17H22F3N3O/c18-17(19,20)12-23-11-8-14(16(23)24)21-13-6-2-3-7-15(13)22-9-4-1-5-10-22/h2-3,6-7,14,21H,1,4-5,8-12H2/t14-/m1/s1. The summed E-state index contributed by atoms with van der Waals surface area (Å²) in [5.74, 6) is -0.472. The zero-order valence-electron chi connectivity index (χ0n) is 13.5.